The van der Waals surface area contributed by atoms with Crippen LogP contribution in [0.3, 0.4) is 0 Å². The molecule has 0 saturated carbocycles. The molecule has 31 heavy (non-hydrogen) atoms. The molecule has 2 aromatic rings. The van der Waals surface area contributed by atoms with Gasteiger partial charge in [0, 0.05) is 44.8 Å². The Bertz CT molecular complexity index is 929. The van der Waals surface area contributed by atoms with Crippen LogP contribution in [-0.2, 0) is 4.79 Å². The molecule has 0 aromatic heterocycles. The molecule has 8 heteroatoms. The smallest absolute Gasteiger partial charge is 0.317 e. The number of carbonyl (C=O) groups excluding carboxylic acids is 2. The lowest BCUT2D eigenvalue weighted by atomic mass is 10.2. The summed E-state index contributed by atoms with van der Waals surface area (Å²) in [6, 6.07) is 13.7. The summed E-state index contributed by atoms with van der Waals surface area (Å²) in [5.41, 5.74) is 1.36. The number of anilines is 2. The molecule has 2 fully saturated rings. The van der Waals surface area contributed by atoms with Crippen molar-refractivity contribution in [2.45, 2.75) is 19.4 Å². The maximum atomic E-state index is 14.0. The van der Waals surface area contributed by atoms with Crippen molar-refractivity contribution in [1.29, 1.82) is 0 Å². The summed E-state index contributed by atoms with van der Waals surface area (Å²) in [6.45, 7) is 5.09. The average molecular weight is 426 g/mol. The van der Waals surface area contributed by atoms with Crippen LogP contribution in [-0.4, -0.2) is 62.2 Å². The second-order valence-electron chi connectivity index (χ2n) is 7.71. The third-order valence-electron chi connectivity index (χ3n) is 5.67. The Balaban J connectivity index is 1.29. The lowest BCUT2D eigenvalue weighted by molar-refractivity contribution is -0.117. The summed E-state index contributed by atoms with van der Waals surface area (Å²) in [5, 5.41) is 2.98. The minimum Gasteiger partial charge on any atom is -0.494 e. The number of hydrogen-bond donors (Lipinski definition) is 1. The molecule has 2 aromatic carbocycles. The summed E-state index contributed by atoms with van der Waals surface area (Å²) in [4.78, 5) is 30.5. The van der Waals surface area contributed by atoms with Gasteiger partial charge in [0.1, 0.15) is 11.6 Å². The predicted octanol–water partition coefficient (Wildman–Crippen LogP) is 2.86. The number of piperazine rings is 1. The van der Waals surface area contributed by atoms with Gasteiger partial charge in [-0.25, -0.2) is 9.18 Å². The number of halogens is 1. The molecule has 7 nitrogen and oxygen atoms in total. The Morgan fingerprint density at radius 3 is 2.48 bits per heavy atom. The Labute approximate surface area is 181 Å². The van der Waals surface area contributed by atoms with E-state index in [0.717, 1.165) is 11.4 Å². The van der Waals surface area contributed by atoms with Gasteiger partial charge in [0.2, 0.25) is 5.91 Å². The van der Waals surface area contributed by atoms with E-state index in [1.807, 2.05) is 42.2 Å². The van der Waals surface area contributed by atoms with Crippen molar-refractivity contribution in [3.05, 3.63) is 54.3 Å². The van der Waals surface area contributed by atoms with Crippen molar-refractivity contribution < 1.29 is 18.7 Å². The monoisotopic (exact) mass is 426 g/mol. The van der Waals surface area contributed by atoms with Crippen LogP contribution < -0.4 is 19.9 Å². The minimum atomic E-state index is -0.251. The molecule has 0 radical (unpaired) electrons. The van der Waals surface area contributed by atoms with E-state index in [9.17, 15) is 14.0 Å². The average Bonchev–Trinajstić information content (AvgIpc) is 3.15. The van der Waals surface area contributed by atoms with E-state index >= 15 is 0 Å². The van der Waals surface area contributed by atoms with Gasteiger partial charge in [-0.05, 0) is 43.3 Å². The Hall–Kier alpha value is -3.29. The highest BCUT2D eigenvalue weighted by Crippen LogP contribution is 2.25. The molecule has 0 aliphatic carbocycles. The summed E-state index contributed by atoms with van der Waals surface area (Å²) in [6.07, 6.45) is 0.272. The second kappa shape index (κ2) is 9.24. The summed E-state index contributed by atoms with van der Waals surface area (Å²) in [7, 11) is 0. The Morgan fingerprint density at radius 2 is 1.81 bits per heavy atom. The number of amides is 3. The van der Waals surface area contributed by atoms with Crippen molar-refractivity contribution in [2.24, 2.45) is 0 Å². The standard InChI is InChI=1S/C23H27FN4O3/c1-2-31-19-9-7-18(8-10-19)28-16-17(15-22(28)29)25-23(30)27-13-11-26(12-14-27)21-6-4-3-5-20(21)24/h3-10,17H,2,11-16H2,1H3,(H,25,30)/t17-/m0/s1. The third-order valence-corrected chi connectivity index (χ3v) is 5.67. The van der Waals surface area contributed by atoms with Crippen molar-refractivity contribution in [3.8, 4) is 5.75 Å². The van der Waals surface area contributed by atoms with Crippen molar-refractivity contribution in [1.82, 2.24) is 10.2 Å². The van der Waals surface area contributed by atoms with Gasteiger partial charge >= 0.3 is 6.03 Å². The number of benzene rings is 2. The second-order valence-corrected chi connectivity index (χ2v) is 7.71. The van der Waals surface area contributed by atoms with Gasteiger partial charge in [-0.2, -0.15) is 0 Å². The van der Waals surface area contributed by atoms with E-state index in [2.05, 4.69) is 5.32 Å². The molecule has 164 valence electrons. The fraction of sp³-hybridized carbons (Fsp3) is 0.391. The van der Waals surface area contributed by atoms with Gasteiger partial charge in [-0.15, -0.1) is 0 Å². The fourth-order valence-electron chi connectivity index (χ4n) is 4.07. The molecule has 4 rings (SSSR count). The third kappa shape index (κ3) is 4.73. The number of urea groups is 1. The highest BCUT2D eigenvalue weighted by atomic mass is 19.1. The first-order chi connectivity index (χ1) is 15.0. The van der Waals surface area contributed by atoms with Gasteiger partial charge < -0.3 is 24.8 Å². The molecular weight excluding hydrogens is 399 g/mol. The van der Waals surface area contributed by atoms with E-state index in [4.69, 9.17) is 4.74 Å². The quantitative estimate of drug-likeness (QED) is 0.799. The molecule has 0 spiro atoms. The molecule has 2 aliphatic rings. The Kier molecular flexibility index (Phi) is 6.25. The van der Waals surface area contributed by atoms with Crippen LogP contribution in [0.5, 0.6) is 5.75 Å². The first-order valence-electron chi connectivity index (χ1n) is 10.6. The van der Waals surface area contributed by atoms with Crippen LogP contribution >= 0.6 is 0 Å². The van der Waals surface area contributed by atoms with Crippen LogP contribution in [0.15, 0.2) is 48.5 Å². The van der Waals surface area contributed by atoms with Crippen LogP contribution in [0, 0.1) is 5.82 Å². The zero-order valence-corrected chi connectivity index (χ0v) is 17.6. The summed E-state index contributed by atoms with van der Waals surface area (Å²) in [5.74, 6) is 0.496. The number of ether oxygens (including phenoxy) is 1. The summed E-state index contributed by atoms with van der Waals surface area (Å²) < 4.78 is 19.4. The zero-order chi connectivity index (χ0) is 21.8. The lowest BCUT2D eigenvalue weighted by Gasteiger charge is -2.36. The van der Waals surface area contributed by atoms with Crippen LogP contribution in [0.4, 0.5) is 20.6 Å². The topological polar surface area (TPSA) is 65.1 Å². The van der Waals surface area contributed by atoms with Crippen LogP contribution in [0.25, 0.3) is 0 Å². The van der Waals surface area contributed by atoms with Gasteiger partial charge in [0.05, 0.1) is 18.3 Å². The lowest BCUT2D eigenvalue weighted by Crippen LogP contribution is -2.54. The van der Waals surface area contributed by atoms with E-state index in [1.54, 1.807) is 21.9 Å². The normalized spacial score (nSPS) is 19.0. The van der Waals surface area contributed by atoms with E-state index < -0.39 is 0 Å². The summed E-state index contributed by atoms with van der Waals surface area (Å²) >= 11 is 0. The zero-order valence-electron chi connectivity index (χ0n) is 17.6. The molecule has 1 N–H and O–H groups in total. The highest BCUT2D eigenvalue weighted by molar-refractivity contribution is 5.96. The van der Waals surface area contributed by atoms with E-state index in [-0.39, 0.29) is 30.2 Å². The number of para-hydroxylation sites is 1. The van der Waals surface area contributed by atoms with Gasteiger partial charge in [-0.3, -0.25) is 4.79 Å². The predicted molar refractivity (Wildman–Crippen MR) is 117 cm³/mol. The molecular formula is C23H27FN4O3. The van der Waals surface area contributed by atoms with E-state index in [1.165, 1.54) is 6.07 Å². The number of nitrogens with zero attached hydrogens (tertiary/aromatic N) is 3. The van der Waals surface area contributed by atoms with Crippen LogP contribution in [0.2, 0.25) is 0 Å². The van der Waals surface area contributed by atoms with E-state index in [0.29, 0.717) is 45.0 Å². The van der Waals surface area contributed by atoms with Crippen molar-refractivity contribution in [2.75, 3.05) is 49.1 Å². The number of rotatable bonds is 5. The fourth-order valence-corrected chi connectivity index (χ4v) is 4.07. The van der Waals surface area contributed by atoms with Crippen molar-refractivity contribution >= 4 is 23.3 Å². The van der Waals surface area contributed by atoms with Crippen molar-refractivity contribution in [3.63, 3.8) is 0 Å². The molecule has 2 aliphatic heterocycles. The van der Waals surface area contributed by atoms with Gasteiger partial charge in [0.25, 0.3) is 0 Å². The SMILES string of the molecule is CCOc1ccc(N2C[C@@H](NC(=O)N3CCN(c4ccccc4F)CC3)CC2=O)cc1. The molecule has 1 atom stereocenters. The minimum absolute atomic E-state index is 0.0150. The number of hydrogen-bond acceptors (Lipinski definition) is 4. The molecule has 2 saturated heterocycles. The molecule has 3 amide bonds. The number of nitrogens with one attached hydrogen (secondary N) is 1. The van der Waals surface area contributed by atoms with Crippen LogP contribution in [0.1, 0.15) is 13.3 Å². The molecule has 0 bridgehead atoms. The first kappa shape index (κ1) is 21.0. The largest absolute Gasteiger partial charge is 0.494 e. The maximum absolute atomic E-state index is 14.0. The highest BCUT2D eigenvalue weighted by Gasteiger charge is 2.33. The maximum Gasteiger partial charge on any atom is 0.317 e. The van der Waals surface area contributed by atoms with Gasteiger partial charge in [0.15, 0.2) is 0 Å². The van der Waals surface area contributed by atoms with Gasteiger partial charge in [-0.1, -0.05) is 12.1 Å². The Morgan fingerprint density at radius 1 is 1.10 bits per heavy atom. The number of carbonyl (C=O) groups is 2. The first-order valence-corrected chi connectivity index (χ1v) is 10.6. The molecule has 2 heterocycles. The molecule has 0 unspecified atom stereocenters.